The molecular formula is C7H10N+. The Hall–Kier alpha value is -0.850. The van der Waals surface area contributed by atoms with Crippen molar-refractivity contribution in [1.82, 2.24) is 0 Å². The molecule has 1 rings (SSSR count). The van der Waals surface area contributed by atoms with E-state index in [2.05, 4.69) is 18.9 Å². The van der Waals surface area contributed by atoms with Crippen LogP contribution in [0.3, 0.4) is 0 Å². The summed E-state index contributed by atoms with van der Waals surface area (Å²) in [5.41, 5.74) is 0. The molecule has 0 N–H and O–H groups in total. The maximum atomic E-state index is 3.67. The van der Waals surface area contributed by atoms with Crippen LogP contribution in [-0.4, -0.2) is 17.8 Å². The van der Waals surface area contributed by atoms with Gasteiger partial charge in [-0.2, -0.15) is 0 Å². The van der Waals surface area contributed by atoms with Gasteiger partial charge < -0.3 is 0 Å². The van der Waals surface area contributed by atoms with Crippen LogP contribution in [0.4, 0.5) is 0 Å². The Labute approximate surface area is 49.6 Å². The largest absolute Gasteiger partial charge is 0.211 e. The van der Waals surface area contributed by atoms with E-state index in [1.165, 1.54) is 0 Å². The molecule has 0 saturated heterocycles. The number of hydrogen-bond acceptors (Lipinski definition) is 0. The fourth-order valence-corrected chi connectivity index (χ4v) is 0.745. The lowest BCUT2D eigenvalue weighted by molar-refractivity contribution is -0.414. The molecule has 0 saturated carbocycles. The zero-order valence-electron chi connectivity index (χ0n) is 5.04. The van der Waals surface area contributed by atoms with Crippen molar-refractivity contribution >= 4 is 6.21 Å². The van der Waals surface area contributed by atoms with Gasteiger partial charge in [0.1, 0.15) is 7.05 Å². The van der Waals surface area contributed by atoms with Crippen LogP contribution >= 0.6 is 0 Å². The molecule has 1 aliphatic heterocycles. The number of allylic oxidation sites excluding steroid dienone is 2. The van der Waals surface area contributed by atoms with Crippen molar-refractivity contribution in [2.45, 2.75) is 0 Å². The summed E-state index contributed by atoms with van der Waals surface area (Å²) in [6.45, 7) is 3.67. The summed E-state index contributed by atoms with van der Waals surface area (Å²) in [6.07, 6.45) is 8.16. The lowest BCUT2D eigenvalue weighted by atomic mass is 10.2. The van der Waals surface area contributed by atoms with Gasteiger partial charge in [0.25, 0.3) is 0 Å². The first-order valence-electron chi connectivity index (χ1n) is 2.71. The molecule has 0 fully saturated rings. The molecule has 0 spiro atoms. The van der Waals surface area contributed by atoms with Crippen molar-refractivity contribution in [3.8, 4) is 0 Å². The van der Waals surface area contributed by atoms with Gasteiger partial charge in [0.15, 0.2) is 12.4 Å². The Morgan fingerprint density at radius 2 is 2.50 bits per heavy atom. The molecule has 1 atom stereocenters. The summed E-state index contributed by atoms with van der Waals surface area (Å²) < 4.78 is 2.03. The summed E-state index contributed by atoms with van der Waals surface area (Å²) in [6, 6.07) is 0. The predicted molar refractivity (Wildman–Crippen MR) is 35.1 cm³/mol. The topological polar surface area (TPSA) is 3.01 Å². The van der Waals surface area contributed by atoms with E-state index in [9.17, 15) is 0 Å². The van der Waals surface area contributed by atoms with E-state index < -0.39 is 0 Å². The van der Waals surface area contributed by atoms with Crippen LogP contribution in [0.15, 0.2) is 24.9 Å². The van der Waals surface area contributed by atoms with Gasteiger partial charge in [-0.1, -0.05) is 6.08 Å². The van der Waals surface area contributed by atoms with Gasteiger partial charge in [0, 0.05) is 0 Å². The van der Waals surface area contributed by atoms with Gasteiger partial charge in [-0.25, -0.2) is 4.58 Å². The fraction of sp³-hybridized carbons (Fsp3) is 0.286. The minimum absolute atomic E-state index is 0.458. The third-order valence-electron chi connectivity index (χ3n) is 1.22. The molecule has 8 heavy (non-hydrogen) atoms. The first kappa shape index (κ1) is 5.29. The Morgan fingerprint density at radius 3 is 2.75 bits per heavy atom. The summed E-state index contributed by atoms with van der Waals surface area (Å²) >= 11 is 0. The number of hydrogen-bond donors (Lipinski definition) is 0. The lowest BCUT2D eigenvalue weighted by Crippen LogP contribution is -1.95. The predicted octanol–water partition coefficient (Wildman–Crippen LogP) is 1.03. The molecule has 1 unspecified atom stereocenters. The van der Waals surface area contributed by atoms with Crippen LogP contribution in [0.25, 0.3) is 0 Å². The fourth-order valence-electron chi connectivity index (χ4n) is 0.745. The van der Waals surface area contributed by atoms with E-state index in [0.717, 1.165) is 0 Å². The van der Waals surface area contributed by atoms with Crippen molar-refractivity contribution < 1.29 is 4.58 Å². The van der Waals surface area contributed by atoms with Crippen LogP contribution in [0.5, 0.6) is 0 Å². The van der Waals surface area contributed by atoms with Crippen LogP contribution < -0.4 is 0 Å². The van der Waals surface area contributed by atoms with Gasteiger partial charge in [-0.05, 0) is 6.08 Å². The first-order chi connectivity index (χ1) is 3.83. The molecule has 1 heteroatoms. The minimum Gasteiger partial charge on any atom is -0.211 e. The van der Waals surface area contributed by atoms with E-state index in [4.69, 9.17) is 0 Å². The number of rotatable bonds is 1. The SMILES string of the molecule is C=CC1C=C[N+](C)=C1. The number of nitrogens with zero attached hydrogens (tertiary/aromatic N) is 1. The molecule has 1 heterocycles. The second kappa shape index (κ2) is 1.95. The molecule has 0 aliphatic carbocycles. The molecule has 0 radical (unpaired) electrons. The summed E-state index contributed by atoms with van der Waals surface area (Å²) in [7, 11) is 2.01. The molecule has 0 aromatic carbocycles. The molecule has 42 valence electrons. The van der Waals surface area contributed by atoms with Crippen molar-refractivity contribution in [3.63, 3.8) is 0 Å². The Bertz CT molecular complexity index is 154. The van der Waals surface area contributed by atoms with Gasteiger partial charge in [0.2, 0.25) is 0 Å². The minimum atomic E-state index is 0.458. The van der Waals surface area contributed by atoms with Gasteiger partial charge in [-0.15, -0.1) is 6.58 Å². The summed E-state index contributed by atoms with van der Waals surface area (Å²) in [4.78, 5) is 0. The molecule has 1 aliphatic rings. The zero-order chi connectivity index (χ0) is 5.98. The Morgan fingerprint density at radius 1 is 1.75 bits per heavy atom. The molecule has 0 bridgehead atoms. The van der Waals surface area contributed by atoms with Crippen molar-refractivity contribution in [3.05, 3.63) is 24.9 Å². The van der Waals surface area contributed by atoms with E-state index >= 15 is 0 Å². The maximum absolute atomic E-state index is 3.67. The van der Waals surface area contributed by atoms with Gasteiger partial charge in [0.05, 0.1) is 5.92 Å². The normalized spacial score (nSPS) is 25.6. The van der Waals surface area contributed by atoms with Crippen LogP contribution in [0.1, 0.15) is 0 Å². The average molecular weight is 108 g/mol. The smallest absolute Gasteiger partial charge is 0.165 e. The molecule has 0 amide bonds. The van der Waals surface area contributed by atoms with Gasteiger partial charge >= 0.3 is 0 Å². The van der Waals surface area contributed by atoms with Crippen molar-refractivity contribution in [2.75, 3.05) is 7.05 Å². The van der Waals surface area contributed by atoms with Crippen LogP contribution in [0.2, 0.25) is 0 Å². The second-order valence-electron chi connectivity index (χ2n) is 1.97. The third kappa shape index (κ3) is 0.861. The highest BCUT2D eigenvalue weighted by atomic mass is 14.9. The highest BCUT2D eigenvalue weighted by Gasteiger charge is 2.06. The lowest BCUT2D eigenvalue weighted by Gasteiger charge is -1.82. The van der Waals surface area contributed by atoms with Crippen molar-refractivity contribution in [1.29, 1.82) is 0 Å². The molecule has 1 nitrogen and oxygen atoms in total. The standard InChI is InChI=1S/C7H10N/c1-3-7-4-5-8(2)6-7/h3-7H,1H2,2H3/q+1. The molecule has 0 aromatic rings. The highest BCUT2D eigenvalue weighted by Crippen LogP contribution is 2.01. The van der Waals surface area contributed by atoms with E-state index in [-0.39, 0.29) is 0 Å². The summed E-state index contributed by atoms with van der Waals surface area (Å²) in [5, 5.41) is 0. The first-order valence-corrected chi connectivity index (χ1v) is 2.71. The Kier molecular flexibility index (Phi) is 1.29. The quantitative estimate of drug-likeness (QED) is 0.348. The van der Waals surface area contributed by atoms with E-state index in [1.54, 1.807) is 0 Å². The van der Waals surface area contributed by atoms with Crippen LogP contribution in [-0.2, 0) is 0 Å². The van der Waals surface area contributed by atoms with E-state index in [1.807, 2.05) is 23.9 Å². The average Bonchev–Trinajstić information content (AvgIpc) is 2.14. The third-order valence-corrected chi connectivity index (χ3v) is 1.22. The van der Waals surface area contributed by atoms with Gasteiger partial charge in [-0.3, -0.25) is 0 Å². The maximum Gasteiger partial charge on any atom is 0.165 e. The summed E-state index contributed by atoms with van der Waals surface area (Å²) in [5.74, 6) is 0.458. The molecule has 0 aromatic heterocycles. The Balaban J connectivity index is 2.68. The van der Waals surface area contributed by atoms with Crippen LogP contribution in [0, 0.1) is 5.92 Å². The highest BCUT2D eigenvalue weighted by molar-refractivity contribution is 5.62. The zero-order valence-corrected chi connectivity index (χ0v) is 5.04. The monoisotopic (exact) mass is 108 g/mol. The second-order valence-corrected chi connectivity index (χ2v) is 1.97. The molecular weight excluding hydrogens is 98.1 g/mol. The van der Waals surface area contributed by atoms with Crippen molar-refractivity contribution in [2.24, 2.45) is 5.92 Å². The van der Waals surface area contributed by atoms with E-state index in [0.29, 0.717) is 5.92 Å².